The van der Waals surface area contributed by atoms with Crippen LogP contribution in [0, 0.1) is 5.82 Å². The predicted molar refractivity (Wildman–Crippen MR) is 62.9 cm³/mol. The van der Waals surface area contributed by atoms with Crippen LogP contribution in [0.25, 0.3) is 0 Å². The summed E-state index contributed by atoms with van der Waals surface area (Å²) in [6.07, 6.45) is 3.54. The van der Waals surface area contributed by atoms with Gasteiger partial charge in [0.15, 0.2) is 5.96 Å². The molecule has 0 spiro atoms. The monoisotopic (exact) mass is 234 g/mol. The number of halogens is 1. The molecule has 0 saturated heterocycles. The highest BCUT2D eigenvalue weighted by atomic mass is 19.1. The highest BCUT2D eigenvalue weighted by Crippen LogP contribution is 2.40. The van der Waals surface area contributed by atoms with Crippen molar-refractivity contribution in [3.63, 3.8) is 0 Å². The second kappa shape index (κ2) is 3.42. The Hall–Kier alpha value is -1.65. The number of aromatic nitrogens is 1. The minimum absolute atomic E-state index is 0.317. The molecule has 1 fully saturated rings. The standard InChI is InChI=1S/C12H15FN4/c1-12(10-5-2-8(13)6-15-10)7-16-11(14)17(12)9-3-4-9/h2,5-6,9H,3-4,7H2,1H3,(H2,14,16). The van der Waals surface area contributed by atoms with E-state index in [0.717, 1.165) is 18.5 Å². The van der Waals surface area contributed by atoms with Crippen LogP contribution in [0.15, 0.2) is 23.3 Å². The van der Waals surface area contributed by atoms with Crippen molar-refractivity contribution in [1.82, 2.24) is 9.88 Å². The summed E-state index contributed by atoms with van der Waals surface area (Å²) in [5.74, 6) is 0.267. The molecule has 1 aromatic heterocycles. The molecule has 2 heterocycles. The fourth-order valence-electron chi connectivity index (χ4n) is 2.46. The molecule has 2 aliphatic rings. The molecule has 4 nitrogen and oxygen atoms in total. The minimum Gasteiger partial charge on any atom is -0.370 e. The van der Waals surface area contributed by atoms with E-state index in [4.69, 9.17) is 5.73 Å². The normalized spacial score (nSPS) is 28.4. The molecule has 1 aromatic rings. The van der Waals surface area contributed by atoms with Crippen LogP contribution in [-0.2, 0) is 5.54 Å². The van der Waals surface area contributed by atoms with Gasteiger partial charge in [-0.3, -0.25) is 9.98 Å². The van der Waals surface area contributed by atoms with Gasteiger partial charge < -0.3 is 10.6 Å². The lowest BCUT2D eigenvalue weighted by Gasteiger charge is -2.35. The van der Waals surface area contributed by atoms with Gasteiger partial charge in [-0.15, -0.1) is 0 Å². The zero-order valence-corrected chi connectivity index (χ0v) is 9.73. The fourth-order valence-corrected chi connectivity index (χ4v) is 2.46. The zero-order chi connectivity index (χ0) is 12.0. The second-order valence-corrected chi connectivity index (χ2v) is 4.91. The summed E-state index contributed by atoms with van der Waals surface area (Å²) in [7, 11) is 0. The summed E-state index contributed by atoms with van der Waals surface area (Å²) in [6.45, 7) is 2.66. The number of hydrogen-bond donors (Lipinski definition) is 1. The Labute approximate surface area is 99.4 Å². The van der Waals surface area contributed by atoms with E-state index < -0.39 is 0 Å². The Morgan fingerprint density at radius 2 is 2.24 bits per heavy atom. The quantitative estimate of drug-likeness (QED) is 0.837. The van der Waals surface area contributed by atoms with E-state index >= 15 is 0 Å². The molecule has 2 N–H and O–H groups in total. The van der Waals surface area contributed by atoms with Gasteiger partial charge in [0.2, 0.25) is 0 Å². The van der Waals surface area contributed by atoms with Crippen molar-refractivity contribution in [2.45, 2.75) is 31.3 Å². The SMILES string of the molecule is CC1(c2ccc(F)cn2)CN=C(N)N1C1CC1. The summed E-state index contributed by atoms with van der Waals surface area (Å²) in [5.41, 5.74) is 6.45. The van der Waals surface area contributed by atoms with Gasteiger partial charge in [-0.05, 0) is 31.9 Å². The highest BCUT2D eigenvalue weighted by Gasteiger charge is 2.47. The van der Waals surface area contributed by atoms with Crippen LogP contribution >= 0.6 is 0 Å². The first-order valence-corrected chi connectivity index (χ1v) is 5.82. The van der Waals surface area contributed by atoms with Gasteiger partial charge >= 0.3 is 0 Å². The van der Waals surface area contributed by atoms with Crippen LogP contribution in [0.5, 0.6) is 0 Å². The smallest absolute Gasteiger partial charge is 0.192 e. The summed E-state index contributed by atoms with van der Waals surface area (Å²) in [5, 5.41) is 0. The molecule has 17 heavy (non-hydrogen) atoms. The van der Waals surface area contributed by atoms with Gasteiger partial charge in [-0.1, -0.05) is 0 Å². The third-order valence-electron chi connectivity index (χ3n) is 3.52. The molecule has 0 amide bonds. The van der Waals surface area contributed by atoms with E-state index in [2.05, 4.69) is 21.8 Å². The number of pyridine rings is 1. The number of nitrogens with zero attached hydrogens (tertiary/aromatic N) is 3. The number of rotatable bonds is 2. The van der Waals surface area contributed by atoms with E-state index in [1.54, 1.807) is 6.07 Å². The summed E-state index contributed by atoms with van der Waals surface area (Å²) in [4.78, 5) is 10.6. The lowest BCUT2D eigenvalue weighted by atomic mass is 9.96. The van der Waals surface area contributed by atoms with Gasteiger partial charge in [-0.2, -0.15) is 0 Å². The zero-order valence-electron chi connectivity index (χ0n) is 9.73. The highest BCUT2D eigenvalue weighted by molar-refractivity contribution is 5.81. The number of guanidine groups is 1. The Morgan fingerprint density at radius 1 is 1.47 bits per heavy atom. The van der Waals surface area contributed by atoms with Crippen LogP contribution in [0.4, 0.5) is 4.39 Å². The van der Waals surface area contributed by atoms with Crippen LogP contribution in [0.3, 0.4) is 0 Å². The third-order valence-corrected chi connectivity index (χ3v) is 3.52. The minimum atomic E-state index is -0.320. The fraction of sp³-hybridized carbons (Fsp3) is 0.500. The van der Waals surface area contributed by atoms with Gasteiger partial charge in [0, 0.05) is 6.04 Å². The Balaban J connectivity index is 1.97. The lowest BCUT2D eigenvalue weighted by molar-refractivity contribution is 0.210. The summed E-state index contributed by atoms with van der Waals surface area (Å²) in [6, 6.07) is 3.63. The van der Waals surface area contributed by atoms with Crippen molar-refractivity contribution in [1.29, 1.82) is 0 Å². The molecule has 3 rings (SSSR count). The Bertz CT molecular complexity index is 466. The summed E-state index contributed by atoms with van der Waals surface area (Å²) < 4.78 is 12.9. The topological polar surface area (TPSA) is 54.5 Å². The van der Waals surface area contributed by atoms with Crippen LogP contribution < -0.4 is 5.73 Å². The Morgan fingerprint density at radius 3 is 2.82 bits per heavy atom. The third kappa shape index (κ3) is 1.57. The maximum atomic E-state index is 12.9. The molecule has 1 saturated carbocycles. The van der Waals surface area contributed by atoms with Crippen molar-refractivity contribution in [2.75, 3.05) is 6.54 Å². The molecule has 0 radical (unpaired) electrons. The van der Waals surface area contributed by atoms with Crippen molar-refractivity contribution in [3.8, 4) is 0 Å². The maximum Gasteiger partial charge on any atom is 0.192 e. The van der Waals surface area contributed by atoms with Crippen LogP contribution in [-0.4, -0.2) is 28.4 Å². The molecule has 1 atom stereocenters. The van der Waals surface area contributed by atoms with Gasteiger partial charge in [0.05, 0.1) is 18.4 Å². The molecular formula is C12H15FN4. The Kier molecular flexibility index (Phi) is 2.11. The lowest BCUT2D eigenvalue weighted by Crippen LogP contribution is -2.49. The number of hydrogen-bond acceptors (Lipinski definition) is 4. The molecule has 0 bridgehead atoms. The van der Waals surface area contributed by atoms with E-state index in [1.165, 1.54) is 12.3 Å². The average molecular weight is 234 g/mol. The van der Waals surface area contributed by atoms with Crippen molar-refractivity contribution in [3.05, 3.63) is 29.8 Å². The number of aliphatic imine (C=N–C) groups is 1. The van der Waals surface area contributed by atoms with E-state index in [9.17, 15) is 4.39 Å². The molecular weight excluding hydrogens is 219 g/mol. The average Bonchev–Trinajstić information content (AvgIpc) is 3.08. The van der Waals surface area contributed by atoms with Gasteiger partial charge in [0.1, 0.15) is 11.4 Å². The molecule has 5 heteroatoms. The van der Waals surface area contributed by atoms with Crippen molar-refractivity contribution >= 4 is 5.96 Å². The van der Waals surface area contributed by atoms with Gasteiger partial charge in [0.25, 0.3) is 0 Å². The van der Waals surface area contributed by atoms with E-state index in [-0.39, 0.29) is 11.4 Å². The molecule has 1 aliphatic heterocycles. The van der Waals surface area contributed by atoms with E-state index in [0.29, 0.717) is 18.5 Å². The number of nitrogens with two attached hydrogens (primary N) is 1. The largest absolute Gasteiger partial charge is 0.370 e. The summed E-state index contributed by atoms with van der Waals surface area (Å²) >= 11 is 0. The first kappa shape index (κ1) is 10.5. The van der Waals surface area contributed by atoms with Crippen LogP contribution in [0.2, 0.25) is 0 Å². The molecule has 90 valence electrons. The van der Waals surface area contributed by atoms with Gasteiger partial charge in [-0.25, -0.2) is 4.39 Å². The predicted octanol–water partition coefficient (Wildman–Crippen LogP) is 1.23. The maximum absolute atomic E-state index is 12.9. The first-order valence-electron chi connectivity index (χ1n) is 5.82. The molecule has 0 aromatic carbocycles. The molecule has 1 unspecified atom stereocenters. The van der Waals surface area contributed by atoms with Crippen LogP contribution in [0.1, 0.15) is 25.5 Å². The van der Waals surface area contributed by atoms with Crippen molar-refractivity contribution in [2.24, 2.45) is 10.7 Å². The van der Waals surface area contributed by atoms with Crippen molar-refractivity contribution < 1.29 is 4.39 Å². The van der Waals surface area contributed by atoms with E-state index in [1.807, 2.05) is 0 Å². The molecule has 1 aliphatic carbocycles. The second-order valence-electron chi connectivity index (χ2n) is 4.91. The first-order chi connectivity index (χ1) is 8.11.